The molecule has 2 aliphatic carbocycles. The van der Waals surface area contributed by atoms with Crippen LogP contribution in [0.2, 0.25) is 0 Å². The fraction of sp³-hybridized carbons (Fsp3) is 0.857. The van der Waals surface area contributed by atoms with Crippen molar-refractivity contribution in [2.24, 2.45) is 10.8 Å². The Morgan fingerprint density at radius 3 is 2.14 bits per heavy atom. The summed E-state index contributed by atoms with van der Waals surface area (Å²) in [5, 5.41) is 0. The van der Waals surface area contributed by atoms with Crippen molar-refractivity contribution in [2.45, 2.75) is 66.2 Å². The van der Waals surface area contributed by atoms with E-state index in [1.807, 2.05) is 11.1 Å². The Bertz CT molecular complexity index is 270. The Hall–Kier alpha value is -0.260. The maximum atomic E-state index is 2.49. The van der Waals surface area contributed by atoms with Crippen LogP contribution in [-0.2, 0) is 0 Å². The van der Waals surface area contributed by atoms with E-state index in [0.29, 0.717) is 10.8 Å². The maximum absolute atomic E-state index is 2.49. The van der Waals surface area contributed by atoms with Gasteiger partial charge in [0.1, 0.15) is 0 Å². The quantitative estimate of drug-likeness (QED) is 0.528. The van der Waals surface area contributed by atoms with Crippen molar-refractivity contribution < 1.29 is 0 Å². The van der Waals surface area contributed by atoms with Crippen LogP contribution in [0.1, 0.15) is 66.2 Å². The van der Waals surface area contributed by atoms with E-state index < -0.39 is 0 Å². The van der Waals surface area contributed by atoms with Gasteiger partial charge in [-0.3, -0.25) is 0 Å². The second kappa shape index (κ2) is 3.12. The van der Waals surface area contributed by atoms with E-state index in [4.69, 9.17) is 0 Å². The lowest BCUT2D eigenvalue weighted by molar-refractivity contribution is 0.281. The van der Waals surface area contributed by atoms with Crippen LogP contribution >= 0.6 is 0 Å². The molecule has 2 aliphatic rings. The van der Waals surface area contributed by atoms with E-state index in [1.54, 1.807) is 0 Å². The zero-order valence-electron chi connectivity index (χ0n) is 10.2. The third-order valence-electron chi connectivity index (χ3n) is 4.63. The molecule has 80 valence electrons. The minimum absolute atomic E-state index is 0.501. The molecule has 0 aromatic rings. The van der Waals surface area contributed by atoms with Gasteiger partial charge in [0, 0.05) is 0 Å². The smallest absolute Gasteiger partial charge is 0.0108 e. The van der Waals surface area contributed by atoms with Crippen LogP contribution in [0.25, 0.3) is 0 Å². The average Bonchev–Trinajstić information content (AvgIpc) is 2.37. The molecule has 0 fully saturated rings. The lowest BCUT2D eigenvalue weighted by atomic mass is 9.76. The maximum Gasteiger partial charge on any atom is -0.0108 e. The van der Waals surface area contributed by atoms with Crippen molar-refractivity contribution >= 4 is 0 Å². The van der Waals surface area contributed by atoms with E-state index in [-0.39, 0.29) is 0 Å². The van der Waals surface area contributed by atoms with Crippen LogP contribution in [0.5, 0.6) is 0 Å². The SMILES string of the molecule is CCC1(C)CC(C)(C)C2=C1CCCC2. The summed E-state index contributed by atoms with van der Waals surface area (Å²) in [5.41, 5.74) is 4.71. The lowest BCUT2D eigenvalue weighted by Gasteiger charge is -2.29. The van der Waals surface area contributed by atoms with E-state index in [9.17, 15) is 0 Å². The van der Waals surface area contributed by atoms with Gasteiger partial charge in [0.15, 0.2) is 0 Å². The lowest BCUT2D eigenvalue weighted by Crippen LogP contribution is -2.17. The van der Waals surface area contributed by atoms with Crippen molar-refractivity contribution in [1.29, 1.82) is 0 Å². The first-order chi connectivity index (χ1) is 6.49. The van der Waals surface area contributed by atoms with Gasteiger partial charge in [0.2, 0.25) is 0 Å². The van der Waals surface area contributed by atoms with Crippen molar-refractivity contribution in [3.8, 4) is 0 Å². The predicted octanol–water partition coefficient (Wildman–Crippen LogP) is 4.70. The second-order valence-corrected chi connectivity index (χ2v) is 6.14. The molecule has 0 bridgehead atoms. The highest BCUT2D eigenvalue weighted by atomic mass is 14.5. The van der Waals surface area contributed by atoms with E-state index in [0.717, 1.165) is 0 Å². The first kappa shape index (κ1) is 10.3. The van der Waals surface area contributed by atoms with Gasteiger partial charge < -0.3 is 0 Å². The molecular weight excluding hydrogens is 168 g/mol. The molecule has 0 heteroatoms. The molecule has 0 amide bonds. The highest BCUT2D eigenvalue weighted by Gasteiger charge is 2.45. The van der Waals surface area contributed by atoms with Crippen molar-refractivity contribution in [1.82, 2.24) is 0 Å². The van der Waals surface area contributed by atoms with Gasteiger partial charge in [0.05, 0.1) is 0 Å². The van der Waals surface area contributed by atoms with Crippen LogP contribution in [-0.4, -0.2) is 0 Å². The Labute approximate surface area is 88.8 Å². The molecule has 0 nitrogen and oxygen atoms in total. The standard InChI is InChI=1S/C14H24/c1-5-14(4)10-13(2,3)11-8-6-7-9-12(11)14/h5-10H2,1-4H3. The predicted molar refractivity (Wildman–Crippen MR) is 62.3 cm³/mol. The third-order valence-corrected chi connectivity index (χ3v) is 4.63. The molecule has 0 spiro atoms. The summed E-state index contributed by atoms with van der Waals surface area (Å²) >= 11 is 0. The highest BCUT2D eigenvalue weighted by molar-refractivity contribution is 5.34. The molecule has 0 aliphatic heterocycles. The van der Waals surface area contributed by atoms with Gasteiger partial charge in [-0.25, -0.2) is 0 Å². The zero-order chi connectivity index (χ0) is 10.4. The van der Waals surface area contributed by atoms with Crippen molar-refractivity contribution in [3.05, 3.63) is 11.1 Å². The van der Waals surface area contributed by atoms with Crippen LogP contribution in [0.15, 0.2) is 11.1 Å². The number of hydrogen-bond donors (Lipinski definition) is 0. The summed E-state index contributed by atoms with van der Waals surface area (Å²) in [6, 6.07) is 0. The summed E-state index contributed by atoms with van der Waals surface area (Å²) in [6.07, 6.45) is 8.37. The van der Waals surface area contributed by atoms with Crippen LogP contribution < -0.4 is 0 Å². The topological polar surface area (TPSA) is 0 Å². The van der Waals surface area contributed by atoms with Gasteiger partial charge in [0.25, 0.3) is 0 Å². The summed E-state index contributed by atoms with van der Waals surface area (Å²) in [6.45, 7) is 9.76. The minimum atomic E-state index is 0.501. The van der Waals surface area contributed by atoms with E-state index >= 15 is 0 Å². The molecule has 0 heterocycles. The van der Waals surface area contributed by atoms with Crippen molar-refractivity contribution in [3.63, 3.8) is 0 Å². The molecule has 0 radical (unpaired) electrons. The molecule has 0 aromatic heterocycles. The minimum Gasteiger partial charge on any atom is -0.0648 e. The normalized spacial score (nSPS) is 36.0. The molecule has 0 saturated heterocycles. The molecule has 0 aromatic carbocycles. The van der Waals surface area contributed by atoms with Gasteiger partial charge in [-0.05, 0) is 49.4 Å². The summed E-state index contributed by atoms with van der Waals surface area (Å²) < 4.78 is 0. The van der Waals surface area contributed by atoms with E-state index in [2.05, 4.69) is 27.7 Å². The van der Waals surface area contributed by atoms with Gasteiger partial charge in [-0.15, -0.1) is 0 Å². The Balaban J connectivity index is 2.41. The van der Waals surface area contributed by atoms with Crippen LogP contribution in [0, 0.1) is 10.8 Å². The summed E-state index contributed by atoms with van der Waals surface area (Å²) in [4.78, 5) is 0. The second-order valence-electron chi connectivity index (χ2n) is 6.14. The number of allylic oxidation sites excluding steroid dienone is 2. The molecular formula is C14H24. The van der Waals surface area contributed by atoms with Gasteiger partial charge in [-0.2, -0.15) is 0 Å². The van der Waals surface area contributed by atoms with Crippen LogP contribution in [0.3, 0.4) is 0 Å². The van der Waals surface area contributed by atoms with Crippen molar-refractivity contribution in [2.75, 3.05) is 0 Å². The highest BCUT2D eigenvalue weighted by Crippen LogP contribution is 2.58. The Kier molecular flexibility index (Phi) is 2.28. The van der Waals surface area contributed by atoms with Gasteiger partial charge >= 0.3 is 0 Å². The molecule has 0 N–H and O–H groups in total. The molecule has 1 atom stereocenters. The molecule has 14 heavy (non-hydrogen) atoms. The third kappa shape index (κ3) is 1.34. The number of rotatable bonds is 1. The summed E-state index contributed by atoms with van der Waals surface area (Å²) in [7, 11) is 0. The monoisotopic (exact) mass is 192 g/mol. The Morgan fingerprint density at radius 2 is 1.57 bits per heavy atom. The number of hydrogen-bond acceptors (Lipinski definition) is 0. The molecule has 0 saturated carbocycles. The van der Waals surface area contributed by atoms with Crippen LogP contribution in [0.4, 0.5) is 0 Å². The average molecular weight is 192 g/mol. The fourth-order valence-electron chi connectivity index (χ4n) is 3.85. The van der Waals surface area contributed by atoms with Gasteiger partial charge in [-0.1, -0.05) is 38.8 Å². The molecule has 2 rings (SSSR count). The first-order valence-corrected chi connectivity index (χ1v) is 6.22. The fourth-order valence-corrected chi connectivity index (χ4v) is 3.85. The molecule has 1 unspecified atom stereocenters. The zero-order valence-corrected chi connectivity index (χ0v) is 10.2. The summed E-state index contributed by atoms with van der Waals surface area (Å²) in [5.74, 6) is 0. The Morgan fingerprint density at radius 1 is 1.00 bits per heavy atom. The largest absolute Gasteiger partial charge is 0.0648 e. The first-order valence-electron chi connectivity index (χ1n) is 6.22. The van der Waals surface area contributed by atoms with E-state index in [1.165, 1.54) is 38.5 Å².